The Bertz CT molecular complexity index is 769. The summed E-state index contributed by atoms with van der Waals surface area (Å²) in [7, 11) is 6.10. The highest BCUT2D eigenvalue weighted by Crippen LogP contribution is 2.16. The van der Waals surface area contributed by atoms with Crippen LogP contribution in [-0.2, 0) is 6.54 Å². The van der Waals surface area contributed by atoms with E-state index in [0.717, 1.165) is 29.6 Å². The molecule has 0 fully saturated rings. The van der Waals surface area contributed by atoms with E-state index < -0.39 is 0 Å². The van der Waals surface area contributed by atoms with Crippen molar-refractivity contribution in [2.45, 2.75) is 52.5 Å². The van der Waals surface area contributed by atoms with Gasteiger partial charge in [-0.1, -0.05) is 37.5 Å². The molecule has 2 rings (SSSR count). The Morgan fingerprint density at radius 1 is 1.03 bits per heavy atom. The van der Waals surface area contributed by atoms with Gasteiger partial charge in [-0.2, -0.15) is 5.10 Å². The van der Waals surface area contributed by atoms with Gasteiger partial charge < -0.3 is 15.5 Å². The fourth-order valence-corrected chi connectivity index (χ4v) is 3.43. The Kier molecular flexibility index (Phi) is 12.7. The number of aryl methyl sites for hydroxylation is 2. The number of nitrogens with one attached hydrogen (secondary N) is 2. The lowest BCUT2D eigenvalue weighted by Gasteiger charge is -2.15. The third kappa shape index (κ3) is 9.04. The van der Waals surface area contributed by atoms with Crippen LogP contribution in [0.5, 0.6) is 0 Å². The van der Waals surface area contributed by atoms with Gasteiger partial charge in [0, 0.05) is 25.8 Å². The Labute approximate surface area is 199 Å². The van der Waals surface area contributed by atoms with Gasteiger partial charge in [0.15, 0.2) is 5.96 Å². The maximum absolute atomic E-state index is 4.63. The zero-order valence-electron chi connectivity index (χ0n) is 19.2. The average Bonchev–Trinajstić information content (AvgIpc) is 3.04. The number of aromatic nitrogens is 2. The number of unbranched alkanes of at least 4 members (excludes halogenated alkanes) is 4. The van der Waals surface area contributed by atoms with Crippen molar-refractivity contribution in [3.05, 3.63) is 47.3 Å². The second-order valence-electron chi connectivity index (χ2n) is 7.89. The summed E-state index contributed by atoms with van der Waals surface area (Å²) in [5.41, 5.74) is 4.48. The SMILES string of the molecule is CN=C(NCCCCCCCN(C)C)NCc1ccccc1-n1nc(C)cc1C.I. The first kappa shape index (κ1) is 26.4. The number of guanidine groups is 1. The maximum Gasteiger partial charge on any atom is 0.191 e. The fourth-order valence-electron chi connectivity index (χ4n) is 3.43. The molecule has 0 saturated heterocycles. The van der Waals surface area contributed by atoms with Gasteiger partial charge in [0.05, 0.1) is 11.4 Å². The first-order chi connectivity index (χ1) is 14.0. The van der Waals surface area contributed by atoms with Crippen molar-refractivity contribution in [2.75, 3.05) is 34.2 Å². The van der Waals surface area contributed by atoms with Gasteiger partial charge in [0.2, 0.25) is 0 Å². The summed E-state index contributed by atoms with van der Waals surface area (Å²) in [6.07, 6.45) is 6.34. The van der Waals surface area contributed by atoms with Crippen molar-refractivity contribution >= 4 is 29.9 Å². The maximum atomic E-state index is 4.63. The van der Waals surface area contributed by atoms with E-state index in [4.69, 9.17) is 0 Å². The summed E-state index contributed by atoms with van der Waals surface area (Å²) in [4.78, 5) is 6.61. The molecule has 0 bridgehead atoms. The summed E-state index contributed by atoms with van der Waals surface area (Å²) in [6, 6.07) is 10.5. The first-order valence-corrected chi connectivity index (χ1v) is 10.7. The van der Waals surface area contributed by atoms with Crippen LogP contribution < -0.4 is 10.6 Å². The molecular weight excluding hydrogens is 487 g/mol. The number of aliphatic imine (C=N–C) groups is 1. The lowest BCUT2D eigenvalue weighted by atomic mass is 10.1. The normalized spacial score (nSPS) is 11.5. The van der Waals surface area contributed by atoms with Crippen LogP contribution >= 0.6 is 24.0 Å². The van der Waals surface area contributed by atoms with E-state index in [2.05, 4.69) is 77.0 Å². The van der Waals surface area contributed by atoms with E-state index in [-0.39, 0.29) is 24.0 Å². The summed E-state index contributed by atoms with van der Waals surface area (Å²) in [5.74, 6) is 0.848. The van der Waals surface area contributed by atoms with Gasteiger partial charge in [0.1, 0.15) is 0 Å². The zero-order chi connectivity index (χ0) is 21.1. The number of para-hydroxylation sites is 1. The minimum absolute atomic E-state index is 0. The highest BCUT2D eigenvalue weighted by atomic mass is 127. The third-order valence-corrected chi connectivity index (χ3v) is 4.97. The number of rotatable bonds is 11. The minimum Gasteiger partial charge on any atom is -0.356 e. The topological polar surface area (TPSA) is 57.5 Å². The summed E-state index contributed by atoms with van der Waals surface area (Å²) in [6.45, 7) is 6.96. The van der Waals surface area contributed by atoms with Crippen molar-refractivity contribution in [2.24, 2.45) is 4.99 Å². The zero-order valence-corrected chi connectivity index (χ0v) is 21.6. The van der Waals surface area contributed by atoms with Crippen LogP contribution in [0.25, 0.3) is 5.69 Å². The molecule has 0 saturated carbocycles. The van der Waals surface area contributed by atoms with Crippen LogP contribution in [0.3, 0.4) is 0 Å². The molecule has 30 heavy (non-hydrogen) atoms. The standard InChI is InChI=1S/C23H38N6.HI/c1-19-17-20(2)29(27-19)22-14-10-9-13-21(22)18-26-23(24-3)25-15-11-7-6-8-12-16-28(4)5;/h9-10,13-14,17H,6-8,11-12,15-16,18H2,1-5H3,(H2,24,25,26);1H. The Morgan fingerprint density at radius 2 is 1.73 bits per heavy atom. The van der Waals surface area contributed by atoms with Crippen LogP contribution in [0.1, 0.15) is 49.1 Å². The van der Waals surface area contributed by atoms with E-state index in [1.807, 2.05) is 18.7 Å². The molecule has 0 spiro atoms. The lowest BCUT2D eigenvalue weighted by Crippen LogP contribution is -2.37. The van der Waals surface area contributed by atoms with Crippen LogP contribution in [0.2, 0.25) is 0 Å². The minimum atomic E-state index is 0. The van der Waals surface area contributed by atoms with E-state index >= 15 is 0 Å². The quantitative estimate of drug-likeness (QED) is 0.199. The summed E-state index contributed by atoms with van der Waals surface area (Å²) < 4.78 is 2.01. The van der Waals surface area contributed by atoms with Gasteiger partial charge in [-0.25, -0.2) is 4.68 Å². The highest BCUT2D eigenvalue weighted by molar-refractivity contribution is 14.0. The average molecular weight is 527 g/mol. The van der Waals surface area contributed by atoms with Crippen molar-refractivity contribution in [3.63, 3.8) is 0 Å². The lowest BCUT2D eigenvalue weighted by molar-refractivity contribution is 0.389. The molecule has 7 heteroatoms. The summed E-state index contributed by atoms with van der Waals surface area (Å²) >= 11 is 0. The molecule has 2 aromatic rings. The second-order valence-corrected chi connectivity index (χ2v) is 7.89. The van der Waals surface area contributed by atoms with Gasteiger partial charge in [-0.05, 0) is 65.0 Å². The molecule has 2 N–H and O–H groups in total. The van der Waals surface area contributed by atoms with E-state index in [9.17, 15) is 0 Å². The van der Waals surface area contributed by atoms with Crippen molar-refractivity contribution in [3.8, 4) is 5.69 Å². The molecule has 1 aromatic heterocycles. The smallest absolute Gasteiger partial charge is 0.191 e. The molecule has 1 heterocycles. The molecule has 0 aliphatic carbocycles. The molecular formula is C23H39IN6. The molecule has 0 aliphatic heterocycles. The number of nitrogens with zero attached hydrogens (tertiary/aromatic N) is 4. The Morgan fingerprint density at radius 3 is 2.40 bits per heavy atom. The molecule has 0 amide bonds. The van der Waals surface area contributed by atoms with Crippen LogP contribution in [0.4, 0.5) is 0 Å². The van der Waals surface area contributed by atoms with Gasteiger partial charge in [-0.15, -0.1) is 24.0 Å². The van der Waals surface area contributed by atoms with Crippen LogP contribution in [0, 0.1) is 13.8 Å². The molecule has 1 aromatic carbocycles. The Hall–Kier alpha value is -1.61. The first-order valence-electron chi connectivity index (χ1n) is 10.7. The molecule has 0 unspecified atom stereocenters. The predicted molar refractivity (Wildman–Crippen MR) is 138 cm³/mol. The van der Waals surface area contributed by atoms with Crippen LogP contribution in [0.15, 0.2) is 35.3 Å². The molecule has 0 radical (unpaired) electrons. The van der Waals surface area contributed by atoms with Crippen molar-refractivity contribution in [1.82, 2.24) is 25.3 Å². The van der Waals surface area contributed by atoms with Gasteiger partial charge >= 0.3 is 0 Å². The Balaban J connectivity index is 0.00000450. The number of hydrogen-bond donors (Lipinski definition) is 2. The second kappa shape index (κ2) is 14.4. The monoisotopic (exact) mass is 526 g/mol. The van der Waals surface area contributed by atoms with Gasteiger partial charge in [0.25, 0.3) is 0 Å². The van der Waals surface area contributed by atoms with Gasteiger partial charge in [-0.3, -0.25) is 4.99 Å². The number of benzene rings is 1. The van der Waals surface area contributed by atoms with E-state index in [1.54, 1.807) is 0 Å². The summed E-state index contributed by atoms with van der Waals surface area (Å²) in [5, 5.41) is 11.5. The van der Waals surface area contributed by atoms with E-state index in [0.29, 0.717) is 6.54 Å². The number of hydrogen-bond acceptors (Lipinski definition) is 3. The third-order valence-electron chi connectivity index (χ3n) is 4.97. The molecule has 0 aliphatic rings. The fraction of sp³-hybridized carbons (Fsp3) is 0.565. The highest BCUT2D eigenvalue weighted by Gasteiger charge is 2.09. The predicted octanol–water partition coefficient (Wildman–Crippen LogP) is 4.28. The molecule has 168 valence electrons. The molecule has 6 nitrogen and oxygen atoms in total. The van der Waals surface area contributed by atoms with E-state index in [1.165, 1.54) is 44.2 Å². The van der Waals surface area contributed by atoms with Crippen molar-refractivity contribution in [1.29, 1.82) is 0 Å². The number of halogens is 1. The van der Waals surface area contributed by atoms with Crippen LogP contribution in [-0.4, -0.2) is 54.9 Å². The largest absolute Gasteiger partial charge is 0.356 e. The van der Waals surface area contributed by atoms with Crippen molar-refractivity contribution < 1.29 is 0 Å². The molecule has 0 atom stereocenters.